The van der Waals surface area contributed by atoms with Crippen molar-refractivity contribution in [1.82, 2.24) is 4.98 Å². The molecule has 110 valence electrons. The number of nitro benzene ring substituents is 1. The summed E-state index contributed by atoms with van der Waals surface area (Å²) in [6.45, 7) is 0.825. The summed E-state index contributed by atoms with van der Waals surface area (Å²) in [4.78, 5) is 16.7. The summed E-state index contributed by atoms with van der Waals surface area (Å²) in [6, 6.07) is 10.6. The molecule has 2 aromatic rings. The van der Waals surface area contributed by atoms with E-state index in [0.717, 1.165) is 30.6 Å². The average molecular weight is 294 g/mol. The number of non-ortho nitro benzene ring substituents is 1. The molecule has 0 saturated carbocycles. The first-order chi connectivity index (χ1) is 10.7. The van der Waals surface area contributed by atoms with Crippen molar-refractivity contribution in [3.63, 3.8) is 0 Å². The highest BCUT2D eigenvalue weighted by molar-refractivity contribution is 5.64. The Morgan fingerprint density at radius 3 is 2.95 bits per heavy atom. The topological polar surface area (TPSA) is 83.1 Å². The average Bonchev–Trinajstić information content (AvgIpc) is 3.04. The third-order valence-corrected chi connectivity index (χ3v) is 3.94. The van der Waals surface area contributed by atoms with Crippen LogP contribution in [-0.4, -0.2) is 16.5 Å². The van der Waals surface area contributed by atoms with Crippen LogP contribution in [0.1, 0.15) is 30.0 Å². The summed E-state index contributed by atoms with van der Waals surface area (Å²) in [7, 11) is 0. The molecule has 1 atom stereocenters. The summed E-state index contributed by atoms with van der Waals surface area (Å²) in [5, 5.41) is 20.2. The van der Waals surface area contributed by atoms with Gasteiger partial charge in [0.25, 0.3) is 5.69 Å². The van der Waals surface area contributed by atoms with Crippen LogP contribution in [0.5, 0.6) is 0 Å². The molecule has 1 unspecified atom stereocenters. The molecule has 1 fully saturated rings. The standard InChI is InChI=1S/C16H14N4O2/c17-10-13-9-14(20(21)22)5-6-16(13)19-8-2-4-15(19)12-3-1-7-18-11-12/h1,3,5-7,9,11,15H,2,4,8H2. The maximum atomic E-state index is 10.9. The Morgan fingerprint density at radius 1 is 1.41 bits per heavy atom. The third kappa shape index (κ3) is 2.49. The van der Waals surface area contributed by atoms with Gasteiger partial charge in [-0.1, -0.05) is 6.07 Å². The van der Waals surface area contributed by atoms with Crippen molar-refractivity contribution >= 4 is 11.4 Å². The molecule has 1 aliphatic heterocycles. The van der Waals surface area contributed by atoms with Crippen molar-refractivity contribution in [2.45, 2.75) is 18.9 Å². The van der Waals surface area contributed by atoms with Gasteiger partial charge in [-0.05, 0) is 30.5 Å². The second-order valence-corrected chi connectivity index (χ2v) is 5.21. The number of rotatable bonds is 3. The fraction of sp³-hybridized carbons (Fsp3) is 0.250. The third-order valence-electron chi connectivity index (χ3n) is 3.94. The van der Waals surface area contributed by atoms with E-state index in [9.17, 15) is 15.4 Å². The molecular weight excluding hydrogens is 280 g/mol. The minimum atomic E-state index is -0.479. The highest BCUT2D eigenvalue weighted by Crippen LogP contribution is 2.38. The van der Waals surface area contributed by atoms with Crippen molar-refractivity contribution in [2.24, 2.45) is 0 Å². The van der Waals surface area contributed by atoms with Crippen LogP contribution in [0.25, 0.3) is 0 Å². The van der Waals surface area contributed by atoms with E-state index in [1.165, 1.54) is 12.1 Å². The van der Waals surface area contributed by atoms with Gasteiger partial charge in [0, 0.05) is 31.1 Å². The minimum absolute atomic E-state index is 0.0579. The second-order valence-electron chi connectivity index (χ2n) is 5.21. The number of benzene rings is 1. The van der Waals surface area contributed by atoms with Crippen molar-refractivity contribution in [3.05, 3.63) is 64.0 Å². The maximum absolute atomic E-state index is 10.9. The van der Waals surface area contributed by atoms with Crippen LogP contribution < -0.4 is 4.90 Å². The van der Waals surface area contributed by atoms with Crippen LogP contribution in [0, 0.1) is 21.4 Å². The highest BCUT2D eigenvalue weighted by Gasteiger charge is 2.28. The van der Waals surface area contributed by atoms with Crippen LogP contribution in [-0.2, 0) is 0 Å². The summed E-state index contributed by atoms with van der Waals surface area (Å²) in [6.07, 6.45) is 5.56. The molecule has 0 spiro atoms. The Kier molecular flexibility index (Phi) is 3.71. The number of nitro groups is 1. The zero-order valence-electron chi connectivity index (χ0n) is 11.8. The zero-order chi connectivity index (χ0) is 15.5. The molecule has 1 aromatic heterocycles. The lowest BCUT2D eigenvalue weighted by atomic mass is 10.1. The number of nitriles is 1. The first-order valence-electron chi connectivity index (χ1n) is 7.06. The van der Waals surface area contributed by atoms with Gasteiger partial charge in [0.15, 0.2) is 0 Å². The molecule has 1 aliphatic rings. The first kappa shape index (κ1) is 14.0. The molecule has 0 bridgehead atoms. The molecule has 0 amide bonds. The Morgan fingerprint density at radius 2 is 2.27 bits per heavy atom. The summed E-state index contributed by atoms with van der Waals surface area (Å²) in [5.74, 6) is 0. The molecule has 6 heteroatoms. The number of hydrogen-bond acceptors (Lipinski definition) is 5. The lowest BCUT2D eigenvalue weighted by molar-refractivity contribution is -0.384. The molecule has 6 nitrogen and oxygen atoms in total. The van der Waals surface area contributed by atoms with E-state index in [0.29, 0.717) is 5.56 Å². The Balaban J connectivity index is 2.00. The van der Waals surface area contributed by atoms with Gasteiger partial charge < -0.3 is 4.90 Å². The molecule has 1 saturated heterocycles. The summed E-state index contributed by atoms with van der Waals surface area (Å²) in [5.41, 5.74) is 2.13. The van der Waals surface area contributed by atoms with Crippen LogP contribution >= 0.6 is 0 Å². The van der Waals surface area contributed by atoms with E-state index in [1.54, 1.807) is 12.3 Å². The van der Waals surface area contributed by atoms with E-state index < -0.39 is 4.92 Å². The Bertz CT molecular complexity index is 740. The molecule has 22 heavy (non-hydrogen) atoms. The van der Waals surface area contributed by atoms with Gasteiger partial charge in [0.1, 0.15) is 6.07 Å². The van der Waals surface area contributed by atoms with Crippen molar-refractivity contribution < 1.29 is 4.92 Å². The predicted octanol–water partition coefficient (Wildman–Crippen LogP) is 3.20. The molecule has 0 aliphatic carbocycles. The van der Waals surface area contributed by atoms with Gasteiger partial charge >= 0.3 is 0 Å². The molecular formula is C16H14N4O2. The van der Waals surface area contributed by atoms with Crippen molar-refractivity contribution in [1.29, 1.82) is 5.26 Å². The van der Waals surface area contributed by atoms with Crippen molar-refractivity contribution in [3.8, 4) is 6.07 Å². The fourth-order valence-corrected chi connectivity index (χ4v) is 2.95. The zero-order valence-corrected chi connectivity index (χ0v) is 11.8. The first-order valence-corrected chi connectivity index (χ1v) is 7.06. The Hall–Kier alpha value is -2.94. The van der Waals surface area contributed by atoms with E-state index in [-0.39, 0.29) is 11.7 Å². The number of anilines is 1. The number of pyridine rings is 1. The monoisotopic (exact) mass is 294 g/mol. The highest BCUT2D eigenvalue weighted by atomic mass is 16.6. The quantitative estimate of drug-likeness (QED) is 0.641. The van der Waals surface area contributed by atoms with Gasteiger partial charge in [-0.2, -0.15) is 5.26 Å². The van der Waals surface area contributed by atoms with Crippen LogP contribution in [0.4, 0.5) is 11.4 Å². The van der Waals surface area contributed by atoms with Gasteiger partial charge in [-0.15, -0.1) is 0 Å². The van der Waals surface area contributed by atoms with Gasteiger partial charge in [0.2, 0.25) is 0 Å². The lowest BCUT2D eigenvalue weighted by Crippen LogP contribution is -2.23. The SMILES string of the molecule is N#Cc1cc([N+](=O)[O-])ccc1N1CCCC1c1cccnc1. The molecule has 0 radical (unpaired) electrons. The lowest BCUT2D eigenvalue weighted by Gasteiger charge is -2.27. The van der Waals surface area contributed by atoms with Crippen molar-refractivity contribution in [2.75, 3.05) is 11.4 Å². The molecule has 3 rings (SSSR count). The van der Waals surface area contributed by atoms with Gasteiger partial charge in [-0.3, -0.25) is 15.1 Å². The maximum Gasteiger partial charge on any atom is 0.270 e. The number of aromatic nitrogens is 1. The van der Waals surface area contributed by atoms with Crippen LogP contribution in [0.2, 0.25) is 0 Å². The minimum Gasteiger partial charge on any atom is -0.363 e. The van der Waals surface area contributed by atoms with E-state index in [2.05, 4.69) is 16.0 Å². The summed E-state index contributed by atoms with van der Waals surface area (Å²) < 4.78 is 0. The van der Waals surface area contributed by atoms with E-state index >= 15 is 0 Å². The van der Waals surface area contributed by atoms with Crippen LogP contribution in [0.3, 0.4) is 0 Å². The van der Waals surface area contributed by atoms with Crippen LogP contribution in [0.15, 0.2) is 42.7 Å². The predicted molar refractivity (Wildman–Crippen MR) is 81.4 cm³/mol. The number of hydrogen-bond donors (Lipinski definition) is 0. The van der Waals surface area contributed by atoms with E-state index in [1.807, 2.05) is 18.3 Å². The normalized spacial score (nSPS) is 17.2. The number of nitrogens with zero attached hydrogens (tertiary/aromatic N) is 4. The van der Waals surface area contributed by atoms with Gasteiger partial charge in [-0.25, -0.2) is 0 Å². The van der Waals surface area contributed by atoms with E-state index in [4.69, 9.17) is 0 Å². The molecule has 0 N–H and O–H groups in total. The van der Waals surface area contributed by atoms with Gasteiger partial charge in [0.05, 0.1) is 22.2 Å². The fourth-order valence-electron chi connectivity index (χ4n) is 2.95. The molecule has 2 heterocycles. The largest absolute Gasteiger partial charge is 0.363 e. The summed E-state index contributed by atoms with van der Waals surface area (Å²) >= 11 is 0. The molecule has 1 aromatic carbocycles. The smallest absolute Gasteiger partial charge is 0.270 e. The Labute approximate surface area is 127 Å². The second kappa shape index (κ2) is 5.82.